The van der Waals surface area contributed by atoms with Crippen molar-refractivity contribution in [1.82, 2.24) is 14.9 Å². The zero-order valence-electron chi connectivity index (χ0n) is 15.1. The minimum Gasteiger partial charge on any atom is -0.492 e. The monoisotopic (exact) mass is 351 g/mol. The lowest BCUT2D eigenvalue weighted by atomic mass is 10.1. The van der Waals surface area contributed by atoms with Gasteiger partial charge in [-0.05, 0) is 49.7 Å². The molecule has 2 aromatic heterocycles. The number of nitrogens with one attached hydrogen (secondary N) is 1. The summed E-state index contributed by atoms with van der Waals surface area (Å²) in [5.74, 6) is 0.914. The van der Waals surface area contributed by atoms with E-state index in [4.69, 9.17) is 9.47 Å². The van der Waals surface area contributed by atoms with Crippen LogP contribution in [0.2, 0.25) is 0 Å². The van der Waals surface area contributed by atoms with Crippen LogP contribution in [0.1, 0.15) is 30.2 Å². The number of fused-ring (bicyclic) bond motifs is 1. The van der Waals surface area contributed by atoms with Crippen LogP contribution >= 0.6 is 0 Å². The summed E-state index contributed by atoms with van der Waals surface area (Å²) in [7, 11) is 2.13. The van der Waals surface area contributed by atoms with Gasteiger partial charge in [0.05, 0.1) is 11.8 Å². The molecule has 5 nitrogen and oxygen atoms in total. The molecule has 1 saturated heterocycles. The Labute approximate surface area is 153 Å². The summed E-state index contributed by atoms with van der Waals surface area (Å²) in [5.41, 5.74) is 3.43. The molecule has 136 valence electrons. The lowest BCUT2D eigenvalue weighted by Gasteiger charge is -2.19. The topological polar surface area (TPSA) is 50.4 Å². The van der Waals surface area contributed by atoms with Gasteiger partial charge in [0.2, 0.25) is 0 Å². The molecule has 1 aliphatic heterocycles. The molecule has 0 spiro atoms. The molecule has 0 unspecified atom stereocenters. The highest BCUT2D eigenvalue weighted by molar-refractivity contribution is 5.81. The predicted octanol–water partition coefficient (Wildman–Crippen LogP) is 3.93. The van der Waals surface area contributed by atoms with Crippen molar-refractivity contribution >= 4 is 11.0 Å². The van der Waals surface area contributed by atoms with Crippen LogP contribution in [0.4, 0.5) is 0 Å². The number of hydrogen-bond donors (Lipinski definition) is 1. The smallest absolute Gasteiger partial charge is 0.137 e. The molecule has 0 saturated carbocycles. The molecule has 1 atom stereocenters. The average molecular weight is 351 g/mol. The Balaban J connectivity index is 1.46. The van der Waals surface area contributed by atoms with Gasteiger partial charge in [0.1, 0.15) is 18.0 Å². The normalized spacial score (nSPS) is 17.2. The maximum atomic E-state index is 5.93. The summed E-state index contributed by atoms with van der Waals surface area (Å²) in [4.78, 5) is 10.3. The average Bonchev–Trinajstić information content (AvgIpc) is 3.31. The summed E-state index contributed by atoms with van der Waals surface area (Å²) in [6.07, 6.45) is 4.18. The van der Waals surface area contributed by atoms with Crippen molar-refractivity contribution < 1.29 is 9.47 Å². The lowest BCUT2D eigenvalue weighted by Crippen LogP contribution is -2.24. The van der Waals surface area contributed by atoms with Gasteiger partial charge < -0.3 is 14.5 Å². The van der Waals surface area contributed by atoms with Crippen LogP contribution in [0, 0.1) is 0 Å². The number of ether oxygens (including phenoxy) is 2. The van der Waals surface area contributed by atoms with E-state index in [0.29, 0.717) is 6.61 Å². The largest absolute Gasteiger partial charge is 0.492 e. The number of rotatable bonds is 7. The van der Waals surface area contributed by atoms with E-state index in [1.807, 2.05) is 42.6 Å². The van der Waals surface area contributed by atoms with Gasteiger partial charge in [-0.25, -0.2) is 4.98 Å². The number of aromatic nitrogens is 2. The molecule has 5 heteroatoms. The molecule has 1 fully saturated rings. The van der Waals surface area contributed by atoms with Gasteiger partial charge in [-0.2, -0.15) is 0 Å². The van der Waals surface area contributed by atoms with E-state index < -0.39 is 0 Å². The van der Waals surface area contributed by atoms with E-state index in [-0.39, 0.29) is 6.10 Å². The van der Waals surface area contributed by atoms with Crippen LogP contribution < -0.4 is 4.74 Å². The number of aromatic amines is 1. The molecule has 3 aromatic rings. The fourth-order valence-corrected chi connectivity index (χ4v) is 3.53. The summed E-state index contributed by atoms with van der Waals surface area (Å²) in [6, 6.07) is 14.1. The predicted molar refractivity (Wildman–Crippen MR) is 102 cm³/mol. The quantitative estimate of drug-likeness (QED) is 0.701. The number of hydrogen-bond acceptors (Lipinski definition) is 4. The van der Waals surface area contributed by atoms with E-state index >= 15 is 0 Å². The molecular weight excluding hydrogens is 326 g/mol. The van der Waals surface area contributed by atoms with Gasteiger partial charge >= 0.3 is 0 Å². The van der Waals surface area contributed by atoms with E-state index in [1.54, 1.807) is 0 Å². The van der Waals surface area contributed by atoms with Crippen LogP contribution in [0.15, 0.2) is 48.7 Å². The third kappa shape index (κ3) is 3.74. The first-order valence-corrected chi connectivity index (χ1v) is 9.25. The molecule has 26 heavy (non-hydrogen) atoms. The first-order valence-electron chi connectivity index (χ1n) is 9.25. The molecular formula is C21H25N3O2. The summed E-state index contributed by atoms with van der Waals surface area (Å²) < 4.78 is 11.8. The van der Waals surface area contributed by atoms with Crippen molar-refractivity contribution in [3.05, 3.63) is 59.9 Å². The first-order chi connectivity index (χ1) is 12.8. The van der Waals surface area contributed by atoms with Crippen LogP contribution in [-0.4, -0.2) is 41.7 Å². The highest BCUT2D eigenvalue weighted by Crippen LogP contribution is 2.34. The molecule has 4 rings (SSSR count). The van der Waals surface area contributed by atoms with Gasteiger partial charge in [-0.15, -0.1) is 0 Å². The first kappa shape index (κ1) is 17.1. The minimum atomic E-state index is 0.160. The zero-order valence-corrected chi connectivity index (χ0v) is 15.1. The van der Waals surface area contributed by atoms with E-state index in [0.717, 1.165) is 43.9 Å². The molecule has 1 aromatic carbocycles. The number of benzene rings is 1. The van der Waals surface area contributed by atoms with Crippen LogP contribution in [0.25, 0.3) is 11.0 Å². The molecule has 1 aliphatic rings. The van der Waals surface area contributed by atoms with E-state index in [2.05, 4.69) is 28.0 Å². The van der Waals surface area contributed by atoms with Crippen LogP contribution in [-0.2, 0) is 11.3 Å². The van der Waals surface area contributed by atoms with Crippen molar-refractivity contribution in [3.63, 3.8) is 0 Å². The number of para-hydroxylation sites is 1. The van der Waals surface area contributed by atoms with E-state index in [1.165, 1.54) is 16.6 Å². The van der Waals surface area contributed by atoms with Gasteiger partial charge in [0, 0.05) is 31.3 Å². The molecule has 0 amide bonds. The number of H-pyrrole nitrogens is 1. The SMILES string of the molecule is CN(CCOc1ccccc1)Cc1c([C@@H]2CCCO2)[nH]c2ncccc12. The molecule has 1 N–H and O–H groups in total. The van der Waals surface area contributed by atoms with Crippen molar-refractivity contribution in [2.75, 3.05) is 26.8 Å². The van der Waals surface area contributed by atoms with Crippen molar-refractivity contribution in [2.24, 2.45) is 0 Å². The summed E-state index contributed by atoms with van der Waals surface area (Å²) >= 11 is 0. The molecule has 0 radical (unpaired) electrons. The second kappa shape index (κ2) is 7.89. The lowest BCUT2D eigenvalue weighted by molar-refractivity contribution is 0.107. The van der Waals surface area contributed by atoms with Gasteiger partial charge in [-0.1, -0.05) is 18.2 Å². The Morgan fingerprint density at radius 2 is 2.12 bits per heavy atom. The second-order valence-corrected chi connectivity index (χ2v) is 6.82. The standard InChI is InChI=1S/C21H25N3O2/c1-24(12-14-25-16-7-3-2-4-8-16)15-18-17-9-5-11-22-21(17)23-20(18)19-10-6-13-26-19/h2-5,7-9,11,19H,6,10,12-15H2,1H3,(H,22,23)/t19-/m0/s1. The van der Waals surface area contributed by atoms with Gasteiger partial charge in [-0.3, -0.25) is 4.90 Å². The Kier molecular flexibility index (Phi) is 5.18. The maximum Gasteiger partial charge on any atom is 0.137 e. The Hall–Kier alpha value is -2.37. The van der Waals surface area contributed by atoms with Crippen LogP contribution in [0.5, 0.6) is 5.75 Å². The maximum absolute atomic E-state index is 5.93. The Morgan fingerprint density at radius 1 is 1.23 bits per heavy atom. The van der Waals surface area contributed by atoms with Crippen molar-refractivity contribution in [1.29, 1.82) is 0 Å². The van der Waals surface area contributed by atoms with Gasteiger partial charge in [0.15, 0.2) is 0 Å². The van der Waals surface area contributed by atoms with Crippen molar-refractivity contribution in [2.45, 2.75) is 25.5 Å². The Bertz CT molecular complexity index is 841. The van der Waals surface area contributed by atoms with E-state index in [9.17, 15) is 0 Å². The molecule has 0 aliphatic carbocycles. The summed E-state index contributed by atoms with van der Waals surface area (Å²) in [5, 5.41) is 1.19. The highest BCUT2D eigenvalue weighted by Gasteiger charge is 2.24. The molecule has 0 bridgehead atoms. The number of pyridine rings is 1. The Morgan fingerprint density at radius 3 is 2.92 bits per heavy atom. The number of likely N-dealkylation sites (N-methyl/N-ethyl adjacent to an activating group) is 1. The summed E-state index contributed by atoms with van der Waals surface area (Å²) in [6.45, 7) is 3.20. The van der Waals surface area contributed by atoms with Crippen LogP contribution in [0.3, 0.4) is 0 Å². The third-order valence-electron chi connectivity index (χ3n) is 4.88. The second-order valence-electron chi connectivity index (χ2n) is 6.82. The van der Waals surface area contributed by atoms with Crippen molar-refractivity contribution in [3.8, 4) is 5.75 Å². The minimum absolute atomic E-state index is 0.160. The highest BCUT2D eigenvalue weighted by atomic mass is 16.5. The fraction of sp³-hybridized carbons (Fsp3) is 0.381. The zero-order chi connectivity index (χ0) is 17.8. The number of nitrogens with zero attached hydrogens (tertiary/aromatic N) is 2. The fourth-order valence-electron chi connectivity index (χ4n) is 3.53. The molecule has 3 heterocycles. The van der Waals surface area contributed by atoms with Gasteiger partial charge in [0.25, 0.3) is 0 Å². The third-order valence-corrected chi connectivity index (χ3v) is 4.88.